The normalized spacial score (nSPS) is 30.8. The Morgan fingerprint density at radius 1 is 0.943 bits per heavy atom. The maximum absolute atomic E-state index is 13.3. The van der Waals surface area contributed by atoms with Crippen LogP contribution in [-0.4, -0.2) is 23.0 Å². The summed E-state index contributed by atoms with van der Waals surface area (Å²) in [5, 5.41) is 12.7. The number of nitrogens with one attached hydrogen (secondary N) is 1. The van der Waals surface area contributed by atoms with Crippen LogP contribution in [0, 0.1) is 17.8 Å². The number of halogens is 2. The van der Waals surface area contributed by atoms with Crippen LogP contribution in [0.15, 0.2) is 42.0 Å². The fourth-order valence-corrected chi connectivity index (χ4v) is 7.68. The quantitative estimate of drug-likeness (QED) is 0.401. The Labute approximate surface area is 212 Å². The number of phenols is 1. The summed E-state index contributed by atoms with van der Waals surface area (Å²) in [5.41, 5.74) is 1.66. The molecule has 35 heavy (non-hydrogen) atoms. The molecule has 0 unspecified atom stereocenters. The van der Waals surface area contributed by atoms with Crippen molar-refractivity contribution in [2.75, 3.05) is 4.90 Å². The second kappa shape index (κ2) is 8.10. The van der Waals surface area contributed by atoms with Gasteiger partial charge >= 0.3 is 6.03 Å². The topological polar surface area (TPSA) is 86.7 Å². The van der Waals surface area contributed by atoms with Crippen molar-refractivity contribution < 1.29 is 19.5 Å². The van der Waals surface area contributed by atoms with E-state index in [4.69, 9.17) is 23.2 Å². The van der Waals surface area contributed by atoms with Gasteiger partial charge in [-0.05, 0) is 97.6 Å². The van der Waals surface area contributed by atoms with Gasteiger partial charge in [-0.3, -0.25) is 14.9 Å². The fourth-order valence-electron chi connectivity index (χ4n) is 7.17. The molecule has 180 valence electrons. The van der Waals surface area contributed by atoms with E-state index in [9.17, 15) is 19.5 Å². The lowest BCUT2D eigenvalue weighted by Crippen LogP contribution is -2.54. The van der Waals surface area contributed by atoms with Crippen LogP contribution >= 0.6 is 23.2 Å². The number of phenolic OH excluding ortho intramolecular Hbond substituents is 1. The van der Waals surface area contributed by atoms with Crippen LogP contribution in [-0.2, 0) is 15.0 Å². The van der Waals surface area contributed by atoms with E-state index in [-0.39, 0.29) is 32.3 Å². The third-order valence-corrected chi connectivity index (χ3v) is 8.74. The van der Waals surface area contributed by atoms with E-state index in [1.54, 1.807) is 12.1 Å². The summed E-state index contributed by atoms with van der Waals surface area (Å²) in [6.45, 7) is 0. The number of nitrogens with zero attached hydrogens (tertiary/aromatic N) is 1. The maximum Gasteiger partial charge on any atom is 0.335 e. The lowest BCUT2D eigenvalue weighted by Gasteiger charge is -2.57. The molecule has 0 radical (unpaired) electrons. The molecule has 1 saturated heterocycles. The summed E-state index contributed by atoms with van der Waals surface area (Å²) in [4.78, 5) is 39.4. The second-order valence-electron chi connectivity index (χ2n) is 10.5. The van der Waals surface area contributed by atoms with E-state index in [0.717, 1.165) is 22.7 Å². The summed E-state index contributed by atoms with van der Waals surface area (Å²) < 4.78 is 0. The van der Waals surface area contributed by atoms with E-state index in [1.807, 2.05) is 12.1 Å². The lowest BCUT2D eigenvalue weighted by molar-refractivity contribution is -0.122. The van der Waals surface area contributed by atoms with Crippen molar-refractivity contribution in [3.63, 3.8) is 0 Å². The number of anilines is 1. The third-order valence-electron chi connectivity index (χ3n) is 8.24. The molecule has 4 saturated carbocycles. The number of rotatable bonds is 3. The number of hydrogen-bond acceptors (Lipinski definition) is 4. The zero-order chi connectivity index (χ0) is 24.5. The molecule has 1 heterocycles. The molecular formula is C27H24Cl2N2O4. The van der Waals surface area contributed by atoms with Gasteiger partial charge < -0.3 is 5.11 Å². The zero-order valence-corrected chi connectivity index (χ0v) is 20.4. The standard InChI is InChI=1S/C27H24Cl2N2O4/c28-19-8-17(23(32)22(29)10-19)9-21-24(33)30-26(35)31(25(21)34)20-3-1-18(2-4-20)27-11-14-5-15(12-27)7-16(6-14)13-27/h1-4,8-10,14-16,32H,5-7,11-13H2,(H,30,33,35)/b21-9+. The van der Waals surface area contributed by atoms with Crippen LogP contribution in [0.5, 0.6) is 5.75 Å². The minimum absolute atomic E-state index is 0.0128. The van der Waals surface area contributed by atoms with Crippen molar-refractivity contribution in [2.45, 2.75) is 43.9 Å². The summed E-state index contributed by atoms with van der Waals surface area (Å²) in [5.74, 6) is 0.489. The van der Waals surface area contributed by atoms with Crippen molar-refractivity contribution >= 4 is 52.8 Å². The summed E-state index contributed by atoms with van der Waals surface area (Å²) >= 11 is 12.0. The number of amides is 4. The number of barbiturate groups is 1. The average Bonchev–Trinajstić information content (AvgIpc) is 2.79. The highest BCUT2D eigenvalue weighted by Gasteiger charge is 2.51. The molecule has 0 aromatic heterocycles. The van der Waals surface area contributed by atoms with Crippen molar-refractivity contribution in [1.82, 2.24) is 5.32 Å². The SMILES string of the molecule is O=C1NC(=O)N(c2ccc(C34CC5CC(CC(C5)C3)C4)cc2)C(=O)/C1=C/c1cc(Cl)cc(Cl)c1O. The highest BCUT2D eigenvalue weighted by molar-refractivity contribution is 6.40. The van der Waals surface area contributed by atoms with Gasteiger partial charge in [-0.2, -0.15) is 0 Å². The van der Waals surface area contributed by atoms with Crippen molar-refractivity contribution in [1.29, 1.82) is 0 Å². The molecule has 4 aliphatic carbocycles. The Morgan fingerprint density at radius 2 is 1.54 bits per heavy atom. The van der Waals surface area contributed by atoms with Crippen molar-refractivity contribution in [2.24, 2.45) is 17.8 Å². The van der Waals surface area contributed by atoms with Gasteiger partial charge in [0, 0.05) is 10.6 Å². The molecule has 2 aromatic carbocycles. The van der Waals surface area contributed by atoms with Crippen molar-refractivity contribution in [3.8, 4) is 5.75 Å². The number of urea groups is 1. The predicted molar refractivity (Wildman–Crippen MR) is 133 cm³/mol. The Hall–Kier alpha value is -2.83. The van der Waals surface area contributed by atoms with E-state index in [1.165, 1.54) is 62.3 Å². The minimum atomic E-state index is -0.850. The minimum Gasteiger partial charge on any atom is -0.506 e. The highest BCUT2D eigenvalue weighted by Crippen LogP contribution is 2.60. The number of carbonyl (C=O) groups excluding carboxylic acids is 3. The molecule has 0 atom stereocenters. The Bertz CT molecular complexity index is 1270. The second-order valence-corrected chi connectivity index (χ2v) is 11.4. The third kappa shape index (κ3) is 3.74. The molecule has 2 N–H and O–H groups in total. The zero-order valence-electron chi connectivity index (χ0n) is 18.9. The molecule has 2 aromatic rings. The molecule has 8 heteroatoms. The molecule has 4 amide bonds. The van der Waals surface area contributed by atoms with E-state index in [2.05, 4.69) is 5.32 Å². The van der Waals surface area contributed by atoms with Gasteiger partial charge in [-0.25, -0.2) is 9.69 Å². The molecule has 5 aliphatic rings. The molecule has 4 bridgehead atoms. The first kappa shape index (κ1) is 22.6. The lowest BCUT2D eigenvalue weighted by atomic mass is 9.48. The fraction of sp³-hybridized carbons (Fsp3) is 0.370. The van der Waals surface area contributed by atoms with Crippen LogP contribution in [0.4, 0.5) is 10.5 Å². The first-order valence-corrected chi connectivity index (χ1v) is 12.7. The highest BCUT2D eigenvalue weighted by atomic mass is 35.5. The van der Waals surface area contributed by atoms with Crippen molar-refractivity contribution in [3.05, 3.63) is 63.1 Å². The summed E-state index contributed by atoms with van der Waals surface area (Å²) in [6, 6.07) is 9.56. The number of carbonyl (C=O) groups is 3. The van der Waals surface area contributed by atoms with Crippen LogP contribution in [0.25, 0.3) is 6.08 Å². The molecule has 0 spiro atoms. The number of benzene rings is 2. The van der Waals surface area contributed by atoms with E-state index in [0.29, 0.717) is 5.69 Å². The van der Waals surface area contributed by atoms with Gasteiger partial charge in [-0.1, -0.05) is 35.3 Å². The van der Waals surface area contributed by atoms with Gasteiger partial charge in [0.2, 0.25) is 0 Å². The first-order valence-electron chi connectivity index (χ1n) is 11.9. The average molecular weight is 511 g/mol. The predicted octanol–water partition coefficient (Wildman–Crippen LogP) is 5.83. The number of hydrogen-bond donors (Lipinski definition) is 2. The van der Waals surface area contributed by atoms with Gasteiger partial charge in [0.15, 0.2) is 0 Å². The van der Waals surface area contributed by atoms with Gasteiger partial charge in [-0.15, -0.1) is 0 Å². The molecule has 5 fully saturated rings. The Kier molecular flexibility index (Phi) is 5.24. The van der Waals surface area contributed by atoms with Gasteiger partial charge in [0.05, 0.1) is 10.7 Å². The van der Waals surface area contributed by atoms with Crippen LogP contribution in [0.2, 0.25) is 10.0 Å². The molecule has 7 rings (SSSR count). The number of imide groups is 2. The summed E-state index contributed by atoms with van der Waals surface area (Å²) in [7, 11) is 0. The Morgan fingerprint density at radius 3 is 2.14 bits per heavy atom. The van der Waals surface area contributed by atoms with Crippen LogP contribution < -0.4 is 10.2 Å². The monoisotopic (exact) mass is 510 g/mol. The maximum atomic E-state index is 13.3. The van der Waals surface area contributed by atoms with Gasteiger partial charge in [0.25, 0.3) is 11.8 Å². The van der Waals surface area contributed by atoms with Crippen LogP contribution in [0.3, 0.4) is 0 Å². The van der Waals surface area contributed by atoms with E-state index < -0.39 is 17.8 Å². The largest absolute Gasteiger partial charge is 0.506 e. The smallest absolute Gasteiger partial charge is 0.335 e. The van der Waals surface area contributed by atoms with Gasteiger partial charge in [0.1, 0.15) is 11.3 Å². The molecular weight excluding hydrogens is 487 g/mol. The first-order chi connectivity index (χ1) is 16.7. The Balaban J connectivity index is 1.31. The molecule has 6 nitrogen and oxygen atoms in total. The van der Waals surface area contributed by atoms with Crippen LogP contribution in [0.1, 0.15) is 49.7 Å². The summed E-state index contributed by atoms with van der Waals surface area (Å²) in [6.07, 6.45) is 8.91. The number of aromatic hydroxyl groups is 1. The van der Waals surface area contributed by atoms with E-state index >= 15 is 0 Å². The molecule has 1 aliphatic heterocycles.